The number of carbonyl (C=O) groups is 2. The first-order chi connectivity index (χ1) is 13.6. The van der Waals surface area contributed by atoms with Crippen LogP contribution in [-0.2, 0) is 9.53 Å². The Kier molecular flexibility index (Phi) is 10.1. The van der Waals surface area contributed by atoms with Crippen molar-refractivity contribution in [1.29, 1.82) is 0 Å². The molecule has 1 aliphatic heterocycles. The first-order valence-corrected chi connectivity index (χ1v) is 11.1. The third kappa shape index (κ3) is 7.65. The molecule has 2 rings (SSSR count). The van der Waals surface area contributed by atoms with Gasteiger partial charge in [-0.2, -0.15) is 0 Å². The number of unbranched alkanes of at least 4 members (excludes halogenated alkanes) is 7. The average Bonchev–Trinajstić information content (AvgIpc) is 2.72. The first kappa shape index (κ1) is 22.4. The largest absolute Gasteiger partial charge is 0.465 e. The molecule has 0 aromatic heterocycles. The van der Waals surface area contributed by atoms with Crippen LogP contribution in [0.1, 0.15) is 87.1 Å². The molecule has 28 heavy (non-hydrogen) atoms. The lowest BCUT2D eigenvalue weighted by Crippen LogP contribution is -2.40. The van der Waals surface area contributed by atoms with Gasteiger partial charge in [0.2, 0.25) is 0 Å². The Morgan fingerprint density at radius 3 is 2.29 bits per heavy atom. The molecular formula is C24H37NO3. The Hall–Kier alpha value is -1.84. The number of piperidine rings is 1. The number of likely N-dealkylation sites (tertiary alicyclic amines) is 1. The zero-order valence-corrected chi connectivity index (χ0v) is 17.8. The molecule has 0 aliphatic carbocycles. The number of ether oxygens (including phenoxy) is 1. The lowest BCUT2D eigenvalue weighted by atomic mass is 9.96. The summed E-state index contributed by atoms with van der Waals surface area (Å²) in [5, 5.41) is 0. The molecule has 4 heteroatoms. The first-order valence-electron chi connectivity index (χ1n) is 11.1. The maximum absolute atomic E-state index is 12.6. The van der Waals surface area contributed by atoms with Crippen molar-refractivity contribution in [2.75, 3.05) is 19.7 Å². The van der Waals surface area contributed by atoms with Gasteiger partial charge in [-0.3, -0.25) is 9.59 Å². The number of benzene rings is 1. The van der Waals surface area contributed by atoms with Crippen LogP contribution in [0.4, 0.5) is 0 Å². The lowest BCUT2D eigenvalue weighted by molar-refractivity contribution is -0.150. The molecule has 1 aromatic carbocycles. The number of rotatable bonds is 11. The van der Waals surface area contributed by atoms with Crippen molar-refractivity contribution in [3.05, 3.63) is 35.4 Å². The second-order valence-electron chi connectivity index (χ2n) is 8.08. The van der Waals surface area contributed by atoms with Crippen LogP contribution in [0.2, 0.25) is 0 Å². The minimum Gasteiger partial charge on any atom is -0.465 e. The zero-order valence-electron chi connectivity index (χ0n) is 17.8. The predicted octanol–water partition coefficient (Wildman–Crippen LogP) is 5.53. The van der Waals surface area contributed by atoms with E-state index in [9.17, 15) is 9.59 Å². The Morgan fingerprint density at radius 2 is 1.64 bits per heavy atom. The maximum Gasteiger partial charge on any atom is 0.309 e. The van der Waals surface area contributed by atoms with Crippen molar-refractivity contribution in [2.24, 2.45) is 5.92 Å². The number of hydrogen-bond donors (Lipinski definition) is 0. The van der Waals surface area contributed by atoms with E-state index in [2.05, 4.69) is 6.92 Å². The summed E-state index contributed by atoms with van der Waals surface area (Å²) in [4.78, 5) is 26.7. The van der Waals surface area contributed by atoms with Gasteiger partial charge in [0.15, 0.2) is 0 Å². The highest BCUT2D eigenvalue weighted by atomic mass is 16.5. The number of hydrogen-bond acceptors (Lipinski definition) is 3. The second-order valence-corrected chi connectivity index (χ2v) is 8.08. The van der Waals surface area contributed by atoms with Gasteiger partial charge in [0.1, 0.15) is 0 Å². The summed E-state index contributed by atoms with van der Waals surface area (Å²) < 4.78 is 5.48. The van der Waals surface area contributed by atoms with Crippen LogP contribution >= 0.6 is 0 Å². The highest BCUT2D eigenvalue weighted by Crippen LogP contribution is 2.21. The van der Waals surface area contributed by atoms with Gasteiger partial charge >= 0.3 is 5.97 Å². The topological polar surface area (TPSA) is 46.6 Å². The van der Waals surface area contributed by atoms with E-state index in [1.807, 2.05) is 36.1 Å². The highest BCUT2D eigenvalue weighted by Gasteiger charge is 2.28. The van der Waals surface area contributed by atoms with Crippen molar-refractivity contribution in [3.8, 4) is 0 Å². The monoisotopic (exact) mass is 387 g/mol. The van der Waals surface area contributed by atoms with Crippen molar-refractivity contribution >= 4 is 11.9 Å². The van der Waals surface area contributed by atoms with E-state index in [1.165, 1.54) is 38.5 Å². The van der Waals surface area contributed by atoms with Crippen LogP contribution < -0.4 is 0 Å². The molecule has 0 atom stereocenters. The van der Waals surface area contributed by atoms with Crippen LogP contribution in [0.5, 0.6) is 0 Å². The van der Waals surface area contributed by atoms with E-state index >= 15 is 0 Å². The third-order valence-corrected chi connectivity index (χ3v) is 5.62. The molecule has 1 fully saturated rings. The molecule has 0 spiro atoms. The maximum atomic E-state index is 12.6. The number of aryl methyl sites for hydroxylation is 1. The van der Waals surface area contributed by atoms with E-state index in [4.69, 9.17) is 4.74 Å². The predicted molar refractivity (Wildman–Crippen MR) is 113 cm³/mol. The van der Waals surface area contributed by atoms with Crippen molar-refractivity contribution in [1.82, 2.24) is 4.90 Å². The number of amides is 1. The molecule has 0 unspecified atom stereocenters. The minimum atomic E-state index is -0.0781. The van der Waals surface area contributed by atoms with Gasteiger partial charge in [-0.25, -0.2) is 0 Å². The molecule has 1 amide bonds. The van der Waals surface area contributed by atoms with Gasteiger partial charge in [-0.15, -0.1) is 0 Å². The van der Waals surface area contributed by atoms with E-state index in [0.717, 1.165) is 24.0 Å². The molecule has 1 aromatic rings. The SMILES string of the molecule is CCCCCCCCCCOC(=O)C1CCN(C(=O)c2cccc(C)c2)CC1. The molecule has 0 N–H and O–H groups in total. The number of carbonyl (C=O) groups excluding carboxylic acids is 2. The van der Waals surface area contributed by atoms with Crippen LogP contribution in [0.25, 0.3) is 0 Å². The average molecular weight is 388 g/mol. The standard InChI is InChI=1S/C24H37NO3/c1-3-4-5-6-7-8-9-10-18-28-24(27)21-14-16-25(17-15-21)23(26)22-13-11-12-20(2)19-22/h11-13,19,21H,3-10,14-18H2,1-2H3. The number of nitrogens with zero attached hydrogens (tertiary/aromatic N) is 1. The molecule has 4 nitrogen and oxygen atoms in total. The summed E-state index contributed by atoms with van der Waals surface area (Å²) in [6, 6.07) is 7.69. The summed E-state index contributed by atoms with van der Waals surface area (Å²) >= 11 is 0. The molecule has 1 aliphatic rings. The van der Waals surface area contributed by atoms with E-state index < -0.39 is 0 Å². The Morgan fingerprint density at radius 1 is 1.00 bits per heavy atom. The summed E-state index contributed by atoms with van der Waals surface area (Å²) in [6.45, 7) is 6.02. The lowest BCUT2D eigenvalue weighted by Gasteiger charge is -2.31. The van der Waals surface area contributed by atoms with Gasteiger partial charge in [0.05, 0.1) is 12.5 Å². The Balaban J connectivity index is 1.58. The van der Waals surface area contributed by atoms with Gasteiger partial charge in [0.25, 0.3) is 5.91 Å². The molecule has 156 valence electrons. The minimum absolute atomic E-state index is 0.0596. The molecule has 0 radical (unpaired) electrons. The Labute approximate surface area is 170 Å². The van der Waals surface area contributed by atoms with E-state index in [-0.39, 0.29) is 17.8 Å². The van der Waals surface area contributed by atoms with Crippen LogP contribution in [0, 0.1) is 12.8 Å². The van der Waals surface area contributed by atoms with Crippen molar-refractivity contribution in [3.63, 3.8) is 0 Å². The summed E-state index contributed by atoms with van der Waals surface area (Å²) in [5.74, 6) is -0.0735. The van der Waals surface area contributed by atoms with Crippen LogP contribution in [-0.4, -0.2) is 36.5 Å². The molecule has 1 heterocycles. The molecular weight excluding hydrogens is 350 g/mol. The zero-order chi connectivity index (χ0) is 20.2. The van der Waals surface area contributed by atoms with Gasteiger partial charge in [-0.05, 0) is 38.3 Å². The smallest absolute Gasteiger partial charge is 0.309 e. The van der Waals surface area contributed by atoms with Crippen LogP contribution in [0.15, 0.2) is 24.3 Å². The highest BCUT2D eigenvalue weighted by molar-refractivity contribution is 5.94. The quantitative estimate of drug-likeness (QED) is 0.370. The summed E-state index contributed by atoms with van der Waals surface area (Å²) in [7, 11) is 0. The normalized spacial score (nSPS) is 14.9. The van der Waals surface area contributed by atoms with Gasteiger partial charge in [-0.1, -0.05) is 69.6 Å². The molecule has 0 bridgehead atoms. The summed E-state index contributed by atoms with van der Waals surface area (Å²) in [5.41, 5.74) is 1.82. The summed E-state index contributed by atoms with van der Waals surface area (Å²) in [6.07, 6.45) is 11.3. The van der Waals surface area contributed by atoms with Gasteiger partial charge in [0, 0.05) is 18.7 Å². The van der Waals surface area contributed by atoms with Gasteiger partial charge < -0.3 is 9.64 Å². The Bertz CT molecular complexity index is 606. The van der Waals surface area contributed by atoms with E-state index in [1.54, 1.807) is 0 Å². The third-order valence-electron chi connectivity index (χ3n) is 5.62. The molecule has 1 saturated heterocycles. The van der Waals surface area contributed by atoms with Crippen molar-refractivity contribution < 1.29 is 14.3 Å². The van der Waals surface area contributed by atoms with E-state index in [0.29, 0.717) is 32.5 Å². The number of esters is 1. The fraction of sp³-hybridized carbons (Fsp3) is 0.667. The second kappa shape index (κ2) is 12.6. The molecule has 0 saturated carbocycles. The fourth-order valence-corrected chi connectivity index (χ4v) is 3.81. The fourth-order valence-electron chi connectivity index (χ4n) is 3.81. The van der Waals surface area contributed by atoms with Crippen molar-refractivity contribution in [2.45, 2.75) is 78.1 Å². The van der Waals surface area contributed by atoms with Crippen LogP contribution in [0.3, 0.4) is 0 Å².